The Hall–Kier alpha value is -0.680. The quantitative estimate of drug-likeness (QED) is 0.827. The van der Waals surface area contributed by atoms with Crippen molar-refractivity contribution >= 4 is 30.1 Å². The maximum atomic E-state index is 12.0. The maximum absolute atomic E-state index is 12.0. The van der Waals surface area contributed by atoms with E-state index in [1.807, 2.05) is 0 Å². The molecule has 1 aliphatic carbocycles. The molecular formula is C11H16ClN3OS. The summed E-state index contributed by atoms with van der Waals surface area (Å²) in [6, 6.07) is 0.319. The number of aromatic nitrogens is 2. The minimum absolute atomic E-state index is 0.159. The van der Waals surface area contributed by atoms with Gasteiger partial charge in [0.05, 0.1) is 17.3 Å². The summed E-state index contributed by atoms with van der Waals surface area (Å²) < 4.78 is 1.78. The van der Waals surface area contributed by atoms with Crippen LogP contribution in [0.5, 0.6) is 0 Å². The highest BCUT2D eigenvalue weighted by atomic mass is 35.5. The largest absolute Gasteiger partial charge is 0.350 e. The first-order chi connectivity index (χ1) is 8.24. The van der Waals surface area contributed by atoms with E-state index in [1.54, 1.807) is 10.9 Å². The normalized spacial score (nSPS) is 16.4. The maximum Gasteiger partial charge on any atom is 0.271 e. The summed E-state index contributed by atoms with van der Waals surface area (Å²) in [5.74, 6) is 0.453. The molecule has 0 aliphatic heterocycles. The van der Waals surface area contributed by atoms with Crippen LogP contribution < -0.4 is 5.32 Å². The highest BCUT2D eigenvalue weighted by molar-refractivity contribution is 7.80. The molecule has 1 amide bonds. The molecule has 0 atom stereocenters. The van der Waals surface area contributed by atoms with Crippen LogP contribution in [0.3, 0.4) is 0 Å². The first-order valence-corrected chi connectivity index (χ1v) is 6.87. The molecule has 94 valence electrons. The molecule has 4 nitrogen and oxygen atoms in total. The third kappa shape index (κ3) is 2.77. The van der Waals surface area contributed by atoms with Crippen molar-refractivity contribution in [3.05, 3.63) is 16.9 Å². The number of hydrogen-bond donors (Lipinski definition) is 2. The van der Waals surface area contributed by atoms with E-state index in [-0.39, 0.29) is 5.91 Å². The Morgan fingerprint density at radius 1 is 1.59 bits per heavy atom. The van der Waals surface area contributed by atoms with E-state index >= 15 is 0 Å². The first kappa shape index (κ1) is 12.8. The van der Waals surface area contributed by atoms with E-state index < -0.39 is 0 Å². The van der Waals surface area contributed by atoms with Gasteiger partial charge in [0.1, 0.15) is 5.69 Å². The van der Waals surface area contributed by atoms with Crippen LogP contribution in [-0.4, -0.2) is 28.0 Å². The summed E-state index contributed by atoms with van der Waals surface area (Å²) in [5, 5.41) is 7.44. The Bertz CT molecular complexity index is 401. The van der Waals surface area contributed by atoms with E-state index in [4.69, 9.17) is 11.6 Å². The van der Waals surface area contributed by atoms with Crippen molar-refractivity contribution in [2.75, 3.05) is 12.3 Å². The molecule has 17 heavy (non-hydrogen) atoms. The van der Waals surface area contributed by atoms with E-state index in [0.717, 1.165) is 12.8 Å². The van der Waals surface area contributed by atoms with Gasteiger partial charge >= 0.3 is 0 Å². The van der Waals surface area contributed by atoms with Crippen molar-refractivity contribution in [2.45, 2.75) is 31.7 Å². The highest BCUT2D eigenvalue weighted by Crippen LogP contribution is 2.31. The third-order valence-corrected chi connectivity index (χ3v) is 3.53. The molecule has 1 N–H and O–H groups in total. The number of halogens is 1. The molecular weight excluding hydrogens is 258 g/mol. The van der Waals surface area contributed by atoms with Crippen LogP contribution in [-0.2, 0) is 0 Å². The summed E-state index contributed by atoms with van der Waals surface area (Å²) in [5.41, 5.74) is 0.486. The fourth-order valence-electron chi connectivity index (χ4n) is 2.23. The van der Waals surface area contributed by atoms with Gasteiger partial charge in [-0.3, -0.25) is 9.48 Å². The number of carbonyl (C=O) groups excluding carboxylic acids is 1. The van der Waals surface area contributed by atoms with Gasteiger partial charge in [0, 0.05) is 12.3 Å². The van der Waals surface area contributed by atoms with Crippen LogP contribution in [0.2, 0.25) is 5.02 Å². The van der Waals surface area contributed by atoms with Crippen molar-refractivity contribution in [2.24, 2.45) is 0 Å². The molecule has 1 heterocycles. The molecule has 0 bridgehead atoms. The van der Waals surface area contributed by atoms with E-state index in [2.05, 4.69) is 23.0 Å². The lowest BCUT2D eigenvalue weighted by Crippen LogP contribution is -2.29. The SMILES string of the molecule is O=C(NCCS)c1c(Cl)cnn1C1CCCC1. The van der Waals surface area contributed by atoms with Crippen LogP contribution in [0, 0.1) is 0 Å². The zero-order chi connectivity index (χ0) is 12.3. The average Bonchev–Trinajstić information content (AvgIpc) is 2.94. The topological polar surface area (TPSA) is 46.9 Å². The Morgan fingerprint density at radius 3 is 2.94 bits per heavy atom. The van der Waals surface area contributed by atoms with E-state index in [9.17, 15) is 4.79 Å². The second-order valence-electron chi connectivity index (χ2n) is 4.20. The molecule has 1 saturated carbocycles. The number of hydrogen-bond acceptors (Lipinski definition) is 3. The van der Waals surface area contributed by atoms with Crippen molar-refractivity contribution in [1.29, 1.82) is 0 Å². The smallest absolute Gasteiger partial charge is 0.271 e. The molecule has 1 aromatic rings. The molecule has 0 spiro atoms. The van der Waals surface area contributed by atoms with Crippen LogP contribution in [0.15, 0.2) is 6.20 Å². The zero-order valence-electron chi connectivity index (χ0n) is 9.53. The Kier molecular flexibility index (Phi) is 4.34. The van der Waals surface area contributed by atoms with Gasteiger partial charge in [-0.25, -0.2) is 0 Å². The van der Waals surface area contributed by atoms with Crippen molar-refractivity contribution in [3.63, 3.8) is 0 Å². The van der Waals surface area contributed by atoms with Gasteiger partial charge in [-0.05, 0) is 12.8 Å². The second-order valence-corrected chi connectivity index (χ2v) is 5.06. The van der Waals surface area contributed by atoms with Crippen molar-refractivity contribution < 1.29 is 4.79 Å². The van der Waals surface area contributed by atoms with Crippen LogP contribution in [0.4, 0.5) is 0 Å². The van der Waals surface area contributed by atoms with E-state index in [0.29, 0.717) is 29.1 Å². The second kappa shape index (κ2) is 5.78. The highest BCUT2D eigenvalue weighted by Gasteiger charge is 2.25. The number of nitrogens with zero attached hydrogens (tertiary/aromatic N) is 2. The first-order valence-electron chi connectivity index (χ1n) is 5.86. The molecule has 0 radical (unpaired) electrons. The molecule has 2 rings (SSSR count). The standard InChI is InChI=1S/C11H16ClN3OS/c12-9-7-14-15(8-3-1-2-4-8)10(9)11(16)13-5-6-17/h7-8,17H,1-6H2,(H,13,16). The summed E-state index contributed by atoms with van der Waals surface area (Å²) in [7, 11) is 0. The number of amides is 1. The Balaban J connectivity index is 2.19. The lowest BCUT2D eigenvalue weighted by atomic mass is 10.2. The number of rotatable bonds is 4. The molecule has 0 aromatic carbocycles. The minimum atomic E-state index is -0.159. The molecule has 0 unspecified atom stereocenters. The van der Waals surface area contributed by atoms with Crippen LogP contribution >= 0.6 is 24.2 Å². The Labute approximate surface area is 111 Å². The Morgan fingerprint density at radius 2 is 2.29 bits per heavy atom. The molecule has 6 heteroatoms. The fourth-order valence-corrected chi connectivity index (χ4v) is 2.56. The number of nitrogens with one attached hydrogen (secondary N) is 1. The van der Waals surface area contributed by atoms with E-state index in [1.165, 1.54) is 12.8 Å². The fraction of sp³-hybridized carbons (Fsp3) is 0.636. The van der Waals surface area contributed by atoms with Crippen molar-refractivity contribution in [3.8, 4) is 0 Å². The number of carbonyl (C=O) groups is 1. The van der Waals surface area contributed by atoms with Gasteiger partial charge < -0.3 is 5.32 Å². The number of thiol groups is 1. The van der Waals surface area contributed by atoms with Gasteiger partial charge in [0.2, 0.25) is 0 Å². The molecule has 1 aromatic heterocycles. The summed E-state index contributed by atoms with van der Waals surface area (Å²) in [6.45, 7) is 0.536. The minimum Gasteiger partial charge on any atom is -0.350 e. The van der Waals surface area contributed by atoms with Gasteiger partial charge in [-0.15, -0.1) is 0 Å². The summed E-state index contributed by atoms with van der Waals surface area (Å²) in [4.78, 5) is 12.0. The monoisotopic (exact) mass is 273 g/mol. The van der Waals surface area contributed by atoms with Crippen LogP contribution in [0.25, 0.3) is 0 Å². The van der Waals surface area contributed by atoms with Crippen LogP contribution in [0.1, 0.15) is 42.2 Å². The lowest BCUT2D eigenvalue weighted by Gasteiger charge is -2.14. The third-order valence-electron chi connectivity index (χ3n) is 3.03. The predicted octanol–water partition coefficient (Wildman–Crippen LogP) is 2.31. The molecule has 1 aliphatic rings. The molecule has 0 saturated heterocycles. The summed E-state index contributed by atoms with van der Waals surface area (Å²) in [6.07, 6.45) is 6.09. The lowest BCUT2D eigenvalue weighted by molar-refractivity contribution is 0.0943. The van der Waals surface area contributed by atoms with Gasteiger partial charge in [-0.1, -0.05) is 24.4 Å². The van der Waals surface area contributed by atoms with Gasteiger partial charge in [0.25, 0.3) is 5.91 Å². The average molecular weight is 274 g/mol. The molecule has 1 fully saturated rings. The van der Waals surface area contributed by atoms with Crippen molar-refractivity contribution in [1.82, 2.24) is 15.1 Å². The summed E-state index contributed by atoms with van der Waals surface area (Å²) >= 11 is 10.1. The van der Waals surface area contributed by atoms with Gasteiger partial charge in [-0.2, -0.15) is 17.7 Å². The zero-order valence-corrected chi connectivity index (χ0v) is 11.2. The predicted molar refractivity (Wildman–Crippen MR) is 70.9 cm³/mol. The van der Waals surface area contributed by atoms with Gasteiger partial charge in [0.15, 0.2) is 0 Å².